The number of hydrogen-bond donors (Lipinski definition) is 1. The average Bonchev–Trinajstić information content (AvgIpc) is 3.13. The van der Waals surface area contributed by atoms with Crippen LogP contribution in [0.4, 0.5) is 0 Å². The third-order valence-corrected chi connectivity index (χ3v) is 5.11. The number of carbonyl (C=O) groups excluding carboxylic acids is 1. The number of aryl methyl sites for hydroxylation is 1. The number of nitrogens with one attached hydrogen (secondary N) is 1. The summed E-state index contributed by atoms with van der Waals surface area (Å²) in [6, 6.07) is 21.3. The highest BCUT2D eigenvalue weighted by atomic mass is 35.5. The second-order valence-electron chi connectivity index (χ2n) is 6.76. The number of amides is 1. The highest BCUT2D eigenvalue weighted by Gasteiger charge is 2.21. The predicted molar refractivity (Wildman–Crippen MR) is 112 cm³/mol. The van der Waals surface area contributed by atoms with E-state index in [1.807, 2.05) is 72.4 Å². The molecule has 140 valence electrons. The molecule has 0 radical (unpaired) electrons. The summed E-state index contributed by atoms with van der Waals surface area (Å²) in [7, 11) is 1.92. The molecule has 0 bridgehead atoms. The molecule has 4 nitrogen and oxygen atoms in total. The normalized spacial score (nSPS) is 12.1. The number of imidazole rings is 1. The second kappa shape index (κ2) is 7.87. The summed E-state index contributed by atoms with van der Waals surface area (Å²) in [6.07, 6.45) is 3.90. The molecule has 1 N–H and O–H groups in total. The van der Waals surface area contributed by atoms with Gasteiger partial charge < -0.3 is 9.88 Å². The van der Waals surface area contributed by atoms with Crippen LogP contribution in [0.3, 0.4) is 0 Å². The van der Waals surface area contributed by atoms with E-state index in [1.165, 1.54) is 0 Å². The molecule has 5 heteroatoms. The molecule has 0 fully saturated rings. The Labute approximate surface area is 168 Å². The number of halogens is 1. The van der Waals surface area contributed by atoms with Crippen molar-refractivity contribution in [1.82, 2.24) is 14.9 Å². The predicted octanol–water partition coefficient (Wildman–Crippen LogP) is 4.68. The first-order valence-electron chi connectivity index (χ1n) is 9.10. The largest absolute Gasteiger partial charge is 0.342 e. The minimum atomic E-state index is -0.347. The molecule has 1 heterocycles. The first kappa shape index (κ1) is 18.3. The minimum absolute atomic E-state index is 0.0562. The van der Waals surface area contributed by atoms with Crippen LogP contribution in [-0.4, -0.2) is 15.5 Å². The Balaban J connectivity index is 1.62. The molecule has 4 rings (SSSR count). The fourth-order valence-electron chi connectivity index (χ4n) is 3.44. The van der Waals surface area contributed by atoms with E-state index in [4.69, 9.17) is 11.6 Å². The van der Waals surface area contributed by atoms with Gasteiger partial charge in [-0.3, -0.25) is 4.79 Å². The van der Waals surface area contributed by atoms with Crippen LogP contribution in [0.2, 0.25) is 5.02 Å². The van der Waals surface area contributed by atoms with Gasteiger partial charge in [0.25, 0.3) is 0 Å². The number of nitrogens with zero attached hydrogens (tertiary/aromatic N) is 2. The van der Waals surface area contributed by atoms with Crippen molar-refractivity contribution < 1.29 is 4.79 Å². The Morgan fingerprint density at radius 1 is 1.07 bits per heavy atom. The van der Waals surface area contributed by atoms with Crippen LogP contribution in [0.1, 0.15) is 23.0 Å². The van der Waals surface area contributed by atoms with Gasteiger partial charge in [-0.15, -0.1) is 0 Å². The summed E-state index contributed by atoms with van der Waals surface area (Å²) in [5.74, 6) is 0.716. The Morgan fingerprint density at radius 2 is 1.82 bits per heavy atom. The zero-order valence-corrected chi connectivity index (χ0v) is 16.2. The molecule has 4 aromatic rings. The molecule has 0 unspecified atom stereocenters. The molecule has 3 aromatic carbocycles. The monoisotopic (exact) mass is 389 g/mol. The Hall–Kier alpha value is -3.11. The van der Waals surface area contributed by atoms with Crippen LogP contribution in [0.5, 0.6) is 0 Å². The van der Waals surface area contributed by atoms with Gasteiger partial charge in [-0.05, 0) is 34.0 Å². The van der Waals surface area contributed by atoms with E-state index in [9.17, 15) is 4.79 Å². The van der Waals surface area contributed by atoms with Gasteiger partial charge in [0, 0.05) is 24.5 Å². The van der Waals surface area contributed by atoms with Crippen LogP contribution in [0.25, 0.3) is 10.8 Å². The molecule has 0 aliphatic carbocycles. The van der Waals surface area contributed by atoms with Gasteiger partial charge in [-0.1, -0.05) is 66.2 Å². The van der Waals surface area contributed by atoms with E-state index in [-0.39, 0.29) is 11.9 Å². The van der Waals surface area contributed by atoms with Gasteiger partial charge in [-0.25, -0.2) is 4.98 Å². The average molecular weight is 390 g/mol. The van der Waals surface area contributed by atoms with E-state index < -0.39 is 0 Å². The summed E-state index contributed by atoms with van der Waals surface area (Å²) in [5.41, 5.74) is 1.94. The highest BCUT2D eigenvalue weighted by molar-refractivity contribution is 6.30. The fourth-order valence-corrected chi connectivity index (χ4v) is 3.57. The molecule has 1 atom stereocenters. The van der Waals surface area contributed by atoms with Crippen molar-refractivity contribution in [2.45, 2.75) is 12.5 Å². The molecule has 28 heavy (non-hydrogen) atoms. The number of hydrogen-bond acceptors (Lipinski definition) is 2. The standard InChI is InChI=1S/C23H20ClN3O/c1-27-14-13-25-23(27)22(17-9-11-19(24)12-10-17)26-21(28)15-18-7-4-6-16-5-2-3-8-20(16)18/h2-14,22H,15H2,1H3,(H,26,28)/t22-/m1/s1. The molecule has 0 aliphatic heterocycles. The molecule has 0 aliphatic rings. The first-order valence-corrected chi connectivity index (χ1v) is 9.48. The maximum atomic E-state index is 12.9. The van der Waals surface area contributed by atoms with E-state index in [2.05, 4.69) is 22.4 Å². The summed E-state index contributed by atoms with van der Waals surface area (Å²) in [5, 5.41) is 6.03. The van der Waals surface area contributed by atoms with Crippen molar-refractivity contribution in [3.8, 4) is 0 Å². The van der Waals surface area contributed by atoms with Gasteiger partial charge in [-0.2, -0.15) is 0 Å². The fraction of sp³-hybridized carbons (Fsp3) is 0.130. The van der Waals surface area contributed by atoms with Crippen molar-refractivity contribution in [2.75, 3.05) is 0 Å². The third-order valence-electron chi connectivity index (χ3n) is 4.86. The van der Waals surface area contributed by atoms with Crippen LogP contribution >= 0.6 is 11.6 Å². The molecule has 0 saturated carbocycles. The van der Waals surface area contributed by atoms with Crippen LogP contribution in [0.15, 0.2) is 79.1 Å². The van der Waals surface area contributed by atoms with E-state index in [1.54, 1.807) is 6.20 Å². The van der Waals surface area contributed by atoms with E-state index >= 15 is 0 Å². The number of benzene rings is 3. The topological polar surface area (TPSA) is 46.9 Å². The lowest BCUT2D eigenvalue weighted by Gasteiger charge is -2.19. The zero-order chi connectivity index (χ0) is 19.5. The molecule has 1 aromatic heterocycles. The minimum Gasteiger partial charge on any atom is -0.342 e. The van der Waals surface area contributed by atoms with Gasteiger partial charge in [0.15, 0.2) is 0 Å². The van der Waals surface area contributed by atoms with E-state index in [0.717, 1.165) is 27.7 Å². The summed E-state index contributed by atoms with van der Waals surface area (Å²) >= 11 is 6.03. The summed E-state index contributed by atoms with van der Waals surface area (Å²) in [4.78, 5) is 17.4. The second-order valence-corrected chi connectivity index (χ2v) is 7.20. The molecular weight excluding hydrogens is 370 g/mol. The zero-order valence-electron chi connectivity index (χ0n) is 15.5. The van der Waals surface area contributed by atoms with Crippen LogP contribution in [0, 0.1) is 0 Å². The van der Waals surface area contributed by atoms with Crippen LogP contribution < -0.4 is 5.32 Å². The van der Waals surface area contributed by atoms with Crippen LogP contribution in [-0.2, 0) is 18.3 Å². The maximum Gasteiger partial charge on any atom is 0.225 e. The molecular formula is C23H20ClN3O. The number of fused-ring (bicyclic) bond motifs is 1. The van der Waals surface area contributed by atoms with Gasteiger partial charge >= 0.3 is 0 Å². The Bertz CT molecular complexity index is 1110. The lowest BCUT2D eigenvalue weighted by atomic mass is 10.0. The lowest BCUT2D eigenvalue weighted by molar-refractivity contribution is -0.121. The van der Waals surface area contributed by atoms with Crippen molar-refractivity contribution in [3.63, 3.8) is 0 Å². The van der Waals surface area contributed by atoms with Gasteiger partial charge in [0.05, 0.1) is 6.42 Å². The molecule has 1 amide bonds. The quantitative estimate of drug-likeness (QED) is 0.539. The third kappa shape index (κ3) is 3.78. The van der Waals surface area contributed by atoms with Gasteiger partial charge in [0.2, 0.25) is 5.91 Å². The van der Waals surface area contributed by atoms with Crippen molar-refractivity contribution in [1.29, 1.82) is 0 Å². The maximum absolute atomic E-state index is 12.9. The van der Waals surface area contributed by atoms with Gasteiger partial charge in [0.1, 0.15) is 11.9 Å². The van der Waals surface area contributed by atoms with E-state index in [0.29, 0.717) is 11.4 Å². The van der Waals surface area contributed by atoms with Crippen molar-refractivity contribution in [2.24, 2.45) is 7.05 Å². The smallest absolute Gasteiger partial charge is 0.225 e. The molecule has 0 spiro atoms. The first-order chi connectivity index (χ1) is 13.6. The number of aromatic nitrogens is 2. The Kier molecular flexibility index (Phi) is 5.13. The van der Waals surface area contributed by atoms with Crippen molar-refractivity contribution in [3.05, 3.63) is 101 Å². The Morgan fingerprint density at radius 3 is 2.57 bits per heavy atom. The number of rotatable bonds is 5. The summed E-state index contributed by atoms with van der Waals surface area (Å²) in [6.45, 7) is 0. The van der Waals surface area contributed by atoms with Crippen molar-refractivity contribution >= 4 is 28.3 Å². The molecule has 0 saturated heterocycles. The SMILES string of the molecule is Cn1ccnc1[C@H](NC(=O)Cc1cccc2ccccc12)c1ccc(Cl)cc1. The number of carbonyl (C=O) groups is 1. The lowest BCUT2D eigenvalue weighted by Crippen LogP contribution is -2.32. The highest BCUT2D eigenvalue weighted by Crippen LogP contribution is 2.23. The summed E-state index contributed by atoms with van der Waals surface area (Å²) < 4.78 is 1.91.